The van der Waals surface area contributed by atoms with Gasteiger partial charge < -0.3 is 4.74 Å². The molecule has 31 heavy (non-hydrogen) atoms. The number of ketones is 1. The first kappa shape index (κ1) is 21.3. The number of Topliss-reactive ketones (excluding diaryl/α,β-unsaturated/α-hetero) is 1. The third-order valence-electron chi connectivity index (χ3n) is 5.90. The molecular formula is C24H29N5O2. The highest BCUT2D eigenvalue weighted by Crippen LogP contribution is 2.36. The minimum atomic E-state index is 0.0853. The van der Waals surface area contributed by atoms with Crippen LogP contribution in [-0.4, -0.2) is 42.7 Å². The molecule has 4 rings (SSSR count). The van der Waals surface area contributed by atoms with Crippen LogP contribution in [0.2, 0.25) is 0 Å². The normalized spacial score (nSPS) is 21.2. The topological polar surface area (TPSA) is 82.8 Å². The molecule has 1 saturated heterocycles. The Hall–Kier alpha value is -2.93. The van der Waals surface area contributed by atoms with Gasteiger partial charge in [0.1, 0.15) is 6.54 Å². The van der Waals surface area contributed by atoms with Crippen molar-refractivity contribution < 1.29 is 9.53 Å². The van der Waals surface area contributed by atoms with Crippen LogP contribution in [-0.2, 0) is 22.5 Å². The number of rotatable bonds is 6. The molecular weight excluding hydrogens is 390 g/mol. The minimum Gasteiger partial charge on any atom is -0.376 e. The molecule has 4 heterocycles. The monoisotopic (exact) mass is 419 g/mol. The molecule has 0 N–H and O–H groups in total. The van der Waals surface area contributed by atoms with Crippen LogP contribution in [0.15, 0.2) is 36.8 Å². The summed E-state index contributed by atoms with van der Waals surface area (Å²) in [6.45, 7) is 8.62. The summed E-state index contributed by atoms with van der Waals surface area (Å²) in [5.41, 5.74) is 4.95. The number of carbonyl (C=O) groups excluding carboxylic acids is 1. The van der Waals surface area contributed by atoms with Gasteiger partial charge in [-0.15, -0.1) is 0 Å². The average molecular weight is 420 g/mol. The first-order chi connectivity index (χ1) is 14.9. The van der Waals surface area contributed by atoms with Crippen LogP contribution in [0.5, 0.6) is 0 Å². The van der Waals surface area contributed by atoms with Crippen molar-refractivity contribution in [2.24, 2.45) is 0 Å². The number of aromatic nitrogens is 5. The molecule has 0 aliphatic carbocycles. The van der Waals surface area contributed by atoms with Gasteiger partial charge in [0, 0.05) is 35.5 Å². The van der Waals surface area contributed by atoms with E-state index in [9.17, 15) is 4.79 Å². The summed E-state index contributed by atoms with van der Waals surface area (Å²) in [5.74, 6) is 1.14. The lowest BCUT2D eigenvalue weighted by Gasteiger charge is -2.32. The molecule has 0 bridgehead atoms. The van der Waals surface area contributed by atoms with Crippen molar-refractivity contribution in [3.05, 3.63) is 59.4 Å². The Kier molecular flexibility index (Phi) is 6.23. The van der Waals surface area contributed by atoms with Crippen LogP contribution >= 0.6 is 0 Å². The lowest BCUT2D eigenvalue weighted by molar-refractivity contribution is -0.119. The van der Waals surface area contributed by atoms with Crippen molar-refractivity contribution in [1.29, 1.82) is 0 Å². The van der Waals surface area contributed by atoms with E-state index >= 15 is 0 Å². The molecule has 7 heteroatoms. The molecule has 0 saturated carbocycles. The summed E-state index contributed by atoms with van der Waals surface area (Å²) in [6, 6.07) is 5.54. The Morgan fingerprint density at radius 1 is 1.10 bits per heavy atom. The molecule has 0 radical (unpaired) electrons. The SMILES string of the molecule is Cc1nn(CC(=O)Cc2ccc(-c3ncccn3)cn2)c(C)c1C1CC(C)OC(C)C1. The van der Waals surface area contributed by atoms with Crippen molar-refractivity contribution >= 4 is 5.78 Å². The highest BCUT2D eigenvalue weighted by Gasteiger charge is 2.30. The van der Waals surface area contributed by atoms with Crippen molar-refractivity contribution in [2.45, 2.75) is 71.6 Å². The second-order valence-electron chi connectivity index (χ2n) is 8.49. The highest BCUT2D eigenvalue weighted by atomic mass is 16.5. The van der Waals surface area contributed by atoms with Gasteiger partial charge in [-0.05, 0) is 70.2 Å². The lowest BCUT2D eigenvalue weighted by atomic mass is 9.85. The van der Waals surface area contributed by atoms with Gasteiger partial charge in [0.05, 0.1) is 24.3 Å². The van der Waals surface area contributed by atoms with E-state index in [4.69, 9.17) is 4.74 Å². The van der Waals surface area contributed by atoms with Crippen LogP contribution in [0.25, 0.3) is 11.4 Å². The van der Waals surface area contributed by atoms with E-state index in [0.29, 0.717) is 11.7 Å². The van der Waals surface area contributed by atoms with Crippen molar-refractivity contribution in [3.8, 4) is 11.4 Å². The Bertz CT molecular complexity index is 1040. The predicted octanol–water partition coefficient (Wildman–Crippen LogP) is 3.83. The fraction of sp³-hybridized carbons (Fsp3) is 0.458. The maximum absolute atomic E-state index is 12.7. The van der Waals surface area contributed by atoms with E-state index in [0.717, 1.165) is 35.5 Å². The van der Waals surface area contributed by atoms with E-state index in [-0.39, 0.29) is 31.0 Å². The molecule has 2 atom stereocenters. The number of hydrogen-bond acceptors (Lipinski definition) is 6. The zero-order chi connectivity index (χ0) is 22.0. The number of aryl methyl sites for hydroxylation is 1. The van der Waals surface area contributed by atoms with Gasteiger partial charge in [-0.25, -0.2) is 9.97 Å². The molecule has 3 aromatic rings. The first-order valence-electron chi connectivity index (χ1n) is 10.8. The van der Waals surface area contributed by atoms with Crippen LogP contribution in [0.3, 0.4) is 0 Å². The van der Waals surface area contributed by atoms with Gasteiger partial charge >= 0.3 is 0 Å². The van der Waals surface area contributed by atoms with Gasteiger partial charge in [0.2, 0.25) is 0 Å². The van der Waals surface area contributed by atoms with Gasteiger partial charge in [0.15, 0.2) is 11.6 Å². The van der Waals surface area contributed by atoms with E-state index < -0.39 is 0 Å². The van der Waals surface area contributed by atoms with Crippen LogP contribution in [0, 0.1) is 13.8 Å². The summed E-state index contributed by atoms with van der Waals surface area (Å²) >= 11 is 0. The minimum absolute atomic E-state index is 0.0853. The largest absolute Gasteiger partial charge is 0.376 e. The fourth-order valence-corrected chi connectivity index (χ4v) is 4.63. The summed E-state index contributed by atoms with van der Waals surface area (Å²) in [4.78, 5) is 25.6. The number of hydrogen-bond donors (Lipinski definition) is 0. The Balaban J connectivity index is 1.43. The molecule has 0 amide bonds. The first-order valence-corrected chi connectivity index (χ1v) is 10.8. The second kappa shape index (κ2) is 9.06. The van der Waals surface area contributed by atoms with E-state index in [1.807, 2.05) is 23.7 Å². The Morgan fingerprint density at radius 2 is 1.81 bits per heavy atom. The molecule has 7 nitrogen and oxygen atoms in total. The smallest absolute Gasteiger partial charge is 0.160 e. The lowest BCUT2D eigenvalue weighted by Crippen LogP contribution is -2.28. The standard InChI is InChI=1S/C24H29N5O2/c1-15-10-20(11-16(2)31-15)23-17(3)28-29(18(23)4)14-22(30)12-21-7-6-19(13-27-21)24-25-8-5-9-26-24/h5-9,13,15-16,20H,10-12,14H2,1-4H3. The van der Waals surface area contributed by atoms with Gasteiger partial charge in [0.25, 0.3) is 0 Å². The molecule has 162 valence electrons. The zero-order valence-electron chi connectivity index (χ0n) is 18.6. The molecule has 1 fully saturated rings. The zero-order valence-corrected chi connectivity index (χ0v) is 18.6. The average Bonchev–Trinajstić information content (AvgIpc) is 3.01. The molecule has 0 spiro atoms. The quantitative estimate of drug-likeness (QED) is 0.604. The molecule has 2 unspecified atom stereocenters. The molecule has 0 aromatic carbocycles. The molecule has 1 aliphatic heterocycles. The van der Waals surface area contributed by atoms with E-state index in [2.05, 4.69) is 40.8 Å². The van der Waals surface area contributed by atoms with E-state index in [1.54, 1.807) is 24.7 Å². The van der Waals surface area contributed by atoms with Crippen LogP contribution in [0.4, 0.5) is 0 Å². The van der Waals surface area contributed by atoms with Crippen molar-refractivity contribution in [3.63, 3.8) is 0 Å². The summed E-state index contributed by atoms with van der Waals surface area (Å²) in [7, 11) is 0. The van der Waals surface area contributed by atoms with Gasteiger partial charge in [-0.1, -0.05) is 0 Å². The Labute approximate surface area is 182 Å². The van der Waals surface area contributed by atoms with Gasteiger partial charge in [-0.3, -0.25) is 14.5 Å². The Morgan fingerprint density at radius 3 is 2.45 bits per heavy atom. The van der Waals surface area contributed by atoms with Gasteiger partial charge in [-0.2, -0.15) is 5.10 Å². The third-order valence-corrected chi connectivity index (χ3v) is 5.90. The summed E-state index contributed by atoms with van der Waals surface area (Å²) in [6.07, 6.45) is 7.86. The van der Waals surface area contributed by atoms with Crippen LogP contribution < -0.4 is 0 Å². The molecule has 1 aliphatic rings. The van der Waals surface area contributed by atoms with Crippen molar-refractivity contribution in [1.82, 2.24) is 24.7 Å². The number of ether oxygens (including phenoxy) is 1. The number of nitrogens with zero attached hydrogens (tertiary/aromatic N) is 5. The third kappa shape index (κ3) is 4.88. The molecule has 3 aromatic heterocycles. The summed E-state index contributed by atoms with van der Waals surface area (Å²) < 4.78 is 7.75. The van der Waals surface area contributed by atoms with E-state index in [1.165, 1.54) is 5.56 Å². The summed E-state index contributed by atoms with van der Waals surface area (Å²) in [5, 5.41) is 4.69. The predicted molar refractivity (Wildman–Crippen MR) is 118 cm³/mol. The fourth-order valence-electron chi connectivity index (χ4n) is 4.63. The number of carbonyl (C=O) groups is 1. The maximum atomic E-state index is 12.7. The highest BCUT2D eigenvalue weighted by molar-refractivity contribution is 5.80. The van der Waals surface area contributed by atoms with Crippen molar-refractivity contribution in [2.75, 3.05) is 0 Å². The second-order valence-corrected chi connectivity index (χ2v) is 8.49. The van der Waals surface area contributed by atoms with Crippen LogP contribution in [0.1, 0.15) is 55.3 Å². The number of pyridine rings is 1. The maximum Gasteiger partial charge on any atom is 0.160 e.